The summed E-state index contributed by atoms with van der Waals surface area (Å²) in [5.74, 6) is -0.183. The van der Waals surface area contributed by atoms with E-state index in [9.17, 15) is 14.7 Å². The Kier molecular flexibility index (Phi) is 5.71. The van der Waals surface area contributed by atoms with Crippen LogP contribution in [0.1, 0.15) is 25.8 Å². The Bertz CT molecular complexity index is 520. The summed E-state index contributed by atoms with van der Waals surface area (Å²) in [4.78, 5) is 25.1. The van der Waals surface area contributed by atoms with Crippen molar-refractivity contribution in [3.8, 4) is 0 Å². The summed E-state index contributed by atoms with van der Waals surface area (Å²) in [6.45, 7) is 4.27. The molecule has 1 heterocycles. The molecule has 1 amide bonds. The zero-order valence-electron chi connectivity index (χ0n) is 12.8. The van der Waals surface area contributed by atoms with Crippen LogP contribution in [0.2, 0.25) is 0 Å². The summed E-state index contributed by atoms with van der Waals surface area (Å²) in [6.07, 6.45) is 0.210. The van der Waals surface area contributed by atoms with Crippen LogP contribution < -0.4 is 0 Å². The van der Waals surface area contributed by atoms with Crippen LogP contribution in [0.3, 0.4) is 0 Å². The van der Waals surface area contributed by atoms with Crippen LogP contribution >= 0.6 is 11.8 Å². The summed E-state index contributed by atoms with van der Waals surface area (Å²) in [7, 11) is 0. The predicted molar refractivity (Wildman–Crippen MR) is 85.6 cm³/mol. The SMILES string of the molecule is CC(C)CC1SCC(C(=O)O)N1C(=O)OCc1ccccc1. The molecule has 1 fully saturated rings. The molecule has 22 heavy (non-hydrogen) atoms. The molecule has 1 aliphatic heterocycles. The van der Waals surface area contributed by atoms with Gasteiger partial charge in [-0.1, -0.05) is 44.2 Å². The molecule has 1 N–H and O–H groups in total. The molecule has 0 bridgehead atoms. The number of hydrogen-bond acceptors (Lipinski definition) is 4. The van der Waals surface area contributed by atoms with Crippen molar-refractivity contribution >= 4 is 23.8 Å². The maximum Gasteiger partial charge on any atom is 0.411 e. The van der Waals surface area contributed by atoms with E-state index < -0.39 is 18.1 Å². The number of rotatable bonds is 5. The first-order valence-electron chi connectivity index (χ1n) is 7.32. The Hall–Kier alpha value is -1.69. The summed E-state index contributed by atoms with van der Waals surface area (Å²) in [6, 6.07) is 8.56. The second-order valence-corrected chi connectivity index (χ2v) is 6.93. The molecule has 0 radical (unpaired) electrons. The molecule has 2 unspecified atom stereocenters. The van der Waals surface area contributed by atoms with Gasteiger partial charge in [0, 0.05) is 5.75 Å². The highest BCUT2D eigenvalue weighted by Gasteiger charge is 2.42. The Balaban J connectivity index is 2.03. The molecule has 1 aliphatic rings. The van der Waals surface area contributed by atoms with Gasteiger partial charge in [0.15, 0.2) is 0 Å². The average Bonchev–Trinajstić information content (AvgIpc) is 2.89. The Morgan fingerprint density at radius 2 is 2.05 bits per heavy atom. The third kappa shape index (κ3) is 4.16. The van der Waals surface area contributed by atoms with Crippen molar-refractivity contribution in [2.45, 2.75) is 38.3 Å². The summed E-state index contributed by atoms with van der Waals surface area (Å²) >= 11 is 1.51. The van der Waals surface area contributed by atoms with Gasteiger partial charge >= 0.3 is 12.1 Å². The first-order valence-corrected chi connectivity index (χ1v) is 8.37. The van der Waals surface area contributed by atoms with Gasteiger partial charge in [0.2, 0.25) is 0 Å². The Morgan fingerprint density at radius 3 is 2.64 bits per heavy atom. The quantitative estimate of drug-likeness (QED) is 0.901. The van der Waals surface area contributed by atoms with Gasteiger partial charge in [0.05, 0.1) is 5.37 Å². The monoisotopic (exact) mass is 323 g/mol. The highest BCUT2D eigenvalue weighted by molar-refractivity contribution is 8.00. The third-order valence-electron chi connectivity index (χ3n) is 3.47. The molecular formula is C16H21NO4S. The lowest BCUT2D eigenvalue weighted by atomic mass is 10.1. The fraction of sp³-hybridized carbons (Fsp3) is 0.500. The minimum absolute atomic E-state index is 0.135. The molecule has 6 heteroatoms. The molecule has 0 saturated carbocycles. The van der Waals surface area contributed by atoms with E-state index in [0.29, 0.717) is 11.7 Å². The fourth-order valence-electron chi connectivity index (χ4n) is 2.38. The zero-order chi connectivity index (χ0) is 16.1. The van der Waals surface area contributed by atoms with Crippen molar-refractivity contribution < 1.29 is 19.4 Å². The van der Waals surface area contributed by atoms with Crippen molar-refractivity contribution in [3.63, 3.8) is 0 Å². The van der Waals surface area contributed by atoms with E-state index in [-0.39, 0.29) is 12.0 Å². The molecule has 2 rings (SSSR count). The van der Waals surface area contributed by atoms with Gasteiger partial charge < -0.3 is 9.84 Å². The summed E-state index contributed by atoms with van der Waals surface area (Å²) in [5.41, 5.74) is 0.884. The van der Waals surface area contributed by atoms with Crippen molar-refractivity contribution in [2.24, 2.45) is 5.92 Å². The van der Waals surface area contributed by atoms with Crippen molar-refractivity contribution in [1.82, 2.24) is 4.90 Å². The maximum absolute atomic E-state index is 12.4. The first kappa shape index (κ1) is 16.7. The number of carbonyl (C=O) groups excluding carboxylic acids is 1. The molecular weight excluding hydrogens is 302 g/mol. The standard InChI is InChI=1S/C16H21NO4S/c1-11(2)8-14-17(13(10-22-14)15(18)19)16(20)21-9-12-6-4-3-5-7-12/h3-7,11,13-14H,8-10H2,1-2H3,(H,18,19). The van der Waals surface area contributed by atoms with E-state index >= 15 is 0 Å². The van der Waals surface area contributed by atoms with Crippen LogP contribution in [0.25, 0.3) is 0 Å². The third-order valence-corrected chi connectivity index (χ3v) is 4.78. The van der Waals surface area contributed by atoms with E-state index in [1.165, 1.54) is 16.7 Å². The zero-order valence-corrected chi connectivity index (χ0v) is 13.6. The number of nitrogens with zero attached hydrogens (tertiary/aromatic N) is 1. The molecule has 1 aromatic rings. The van der Waals surface area contributed by atoms with Crippen LogP contribution in [0.15, 0.2) is 30.3 Å². The number of thioether (sulfide) groups is 1. The lowest BCUT2D eigenvalue weighted by Crippen LogP contribution is -2.46. The lowest BCUT2D eigenvalue weighted by Gasteiger charge is -2.27. The molecule has 120 valence electrons. The van der Waals surface area contributed by atoms with E-state index in [1.54, 1.807) is 0 Å². The lowest BCUT2D eigenvalue weighted by molar-refractivity contribution is -0.141. The second-order valence-electron chi connectivity index (χ2n) is 5.72. The van der Waals surface area contributed by atoms with Crippen LogP contribution in [-0.4, -0.2) is 39.2 Å². The predicted octanol–water partition coefficient (Wildman–Crippen LogP) is 3.20. The second kappa shape index (κ2) is 7.54. The normalized spacial score (nSPS) is 21.1. The fourth-order valence-corrected chi connectivity index (χ4v) is 4.00. The maximum atomic E-state index is 12.4. The molecule has 1 saturated heterocycles. The number of carboxylic acids is 1. The number of ether oxygens (including phenoxy) is 1. The van der Waals surface area contributed by atoms with Gasteiger partial charge in [-0.05, 0) is 17.9 Å². The number of amides is 1. The van der Waals surface area contributed by atoms with Gasteiger partial charge in [0.1, 0.15) is 12.6 Å². The van der Waals surface area contributed by atoms with Gasteiger partial charge in [-0.15, -0.1) is 11.8 Å². The topological polar surface area (TPSA) is 66.8 Å². The Labute approximate surface area is 134 Å². The van der Waals surface area contributed by atoms with Crippen LogP contribution in [-0.2, 0) is 16.1 Å². The van der Waals surface area contributed by atoms with Crippen LogP contribution in [0.4, 0.5) is 4.79 Å². The van der Waals surface area contributed by atoms with Crippen molar-refractivity contribution in [3.05, 3.63) is 35.9 Å². The van der Waals surface area contributed by atoms with Crippen molar-refractivity contribution in [1.29, 1.82) is 0 Å². The summed E-state index contributed by atoms with van der Waals surface area (Å²) < 4.78 is 5.31. The number of carboxylic acid groups (broad SMARTS) is 1. The van der Waals surface area contributed by atoms with E-state index in [2.05, 4.69) is 13.8 Å². The van der Waals surface area contributed by atoms with Gasteiger partial charge in [-0.2, -0.15) is 0 Å². The number of carbonyl (C=O) groups is 2. The van der Waals surface area contributed by atoms with Gasteiger partial charge in [0.25, 0.3) is 0 Å². The van der Waals surface area contributed by atoms with E-state index in [4.69, 9.17) is 4.74 Å². The minimum Gasteiger partial charge on any atom is -0.480 e. The summed E-state index contributed by atoms with van der Waals surface area (Å²) in [5, 5.41) is 9.17. The minimum atomic E-state index is -0.976. The van der Waals surface area contributed by atoms with Crippen molar-refractivity contribution in [2.75, 3.05) is 5.75 Å². The number of benzene rings is 1. The number of aliphatic carboxylic acids is 1. The molecule has 0 aliphatic carbocycles. The first-order chi connectivity index (χ1) is 10.5. The molecule has 1 aromatic carbocycles. The molecule has 0 spiro atoms. The largest absolute Gasteiger partial charge is 0.480 e. The number of hydrogen-bond donors (Lipinski definition) is 1. The van der Waals surface area contributed by atoms with E-state index in [0.717, 1.165) is 12.0 Å². The smallest absolute Gasteiger partial charge is 0.411 e. The Morgan fingerprint density at radius 1 is 1.36 bits per heavy atom. The van der Waals surface area contributed by atoms with E-state index in [1.807, 2.05) is 30.3 Å². The highest BCUT2D eigenvalue weighted by atomic mass is 32.2. The molecule has 5 nitrogen and oxygen atoms in total. The van der Waals surface area contributed by atoms with Crippen LogP contribution in [0.5, 0.6) is 0 Å². The van der Waals surface area contributed by atoms with Gasteiger partial charge in [-0.3, -0.25) is 4.90 Å². The van der Waals surface area contributed by atoms with Crippen LogP contribution in [0, 0.1) is 5.92 Å². The highest BCUT2D eigenvalue weighted by Crippen LogP contribution is 2.34. The molecule has 2 atom stereocenters. The molecule has 0 aromatic heterocycles. The average molecular weight is 323 g/mol. The van der Waals surface area contributed by atoms with Gasteiger partial charge in [-0.25, -0.2) is 9.59 Å².